The normalized spacial score (nSPS) is 18.7. The molecule has 0 spiro atoms. The summed E-state index contributed by atoms with van der Waals surface area (Å²) in [5, 5.41) is 14.2. The SMILES string of the molecule is CCOc1ccccc1C1N=C(c2ccc(C)cc2)CC(c2cc(Br)ccc2O)N1. The van der Waals surface area contributed by atoms with Crippen LogP contribution >= 0.6 is 15.9 Å². The van der Waals surface area contributed by atoms with Crippen LogP contribution in [0.3, 0.4) is 0 Å². The highest BCUT2D eigenvalue weighted by molar-refractivity contribution is 9.10. The van der Waals surface area contributed by atoms with Crippen molar-refractivity contribution in [2.75, 3.05) is 6.61 Å². The molecule has 2 unspecified atom stereocenters. The first-order valence-electron chi connectivity index (χ1n) is 10.1. The zero-order valence-electron chi connectivity index (χ0n) is 17.1. The van der Waals surface area contributed by atoms with E-state index < -0.39 is 0 Å². The topological polar surface area (TPSA) is 53.9 Å². The summed E-state index contributed by atoms with van der Waals surface area (Å²) in [6.07, 6.45) is 0.404. The number of aryl methyl sites for hydroxylation is 1. The minimum Gasteiger partial charge on any atom is -0.508 e. The number of para-hydroxylation sites is 1. The quantitative estimate of drug-likeness (QED) is 0.480. The molecule has 1 aliphatic rings. The molecular formula is C25H25BrN2O2. The Hall–Kier alpha value is -2.63. The van der Waals surface area contributed by atoms with Crippen molar-refractivity contribution in [2.24, 2.45) is 4.99 Å². The van der Waals surface area contributed by atoms with Gasteiger partial charge in [0.05, 0.1) is 6.61 Å². The predicted octanol–water partition coefficient (Wildman–Crippen LogP) is 6.08. The van der Waals surface area contributed by atoms with Crippen LogP contribution in [0.25, 0.3) is 0 Å². The van der Waals surface area contributed by atoms with Crippen molar-refractivity contribution in [1.29, 1.82) is 0 Å². The lowest BCUT2D eigenvalue weighted by atomic mass is 9.93. The van der Waals surface area contributed by atoms with Gasteiger partial charge in [-0.05, 0) is 43.7 Å². The maximum absolute atomic E-state index is 10.6. The largest absolute Gasteiger partial charge is 0.508 e. The molecule has 30 heavy (non-hydrogen) atoms. The molecule has 154 valence electrons. The molecule has 1 heterocycles. The first kappa shape index (κ1) is 20.6. The van der Waals surface area contributed by atoms with Crippen LogP contribution in [0, 0.1) is 6.92 Å². The first-order chi connectivity index (χ1) is 14.5. The molecule has 0 saturated carbocycles. The Balaban J connectivity index is 1.79. The Bertz CT molecular complexity index is 1060. The molecule has 4 rings (SSSR count). The van der Waals surface area contributed by atoms with Gasteiger partial charge in [0, 0.05) is 33.8 Å². The van der Waals surface area contributed by atoms with Crippen molar-refractivity contribution in [1.82, 2.24) is 5.32 Å². The van der Waals surface area contributed by atoms with Crippen molar-refractivity contribution in [3.05, 3.63) is 93.5 Å². The summed E-state index contributed by atoms with van der Waals surface area (Å²) in [6, 6.07) is 21.9. The molecule has 0 fully saturated rings. The molecule has 0 radical (unpaired) electrons. The second kappa shape index (κ2) is 9.02. The molecule has 3 aromatic carbocycles. The average molecular weight is 465 g/mol. The van der Waals surface area contributed by atoms with Crippen molar-refractivity contribution in [3.8, 4) is 11.5 Å². The zero-order chi connectivity index (χ0) is 21.1. The lowest BCUT2D eigenvalue weighted by molar-refractivity contribution is 0.327. The van der Waals surface area contributed by atoms with Gasteiger partial charge in [0.2, 0.25) is 0 Å². The third kappa shape index (κ3) is 4.42. The van der Waals surface area contributed by atoms with Crippen LogP contribution in [0.15, 0.2) is 76.2 Å². The molecule has 2 N–H and O–H groups in total. The number of benzene rings is 3. The van der Waals surface area contributed by atoms with E-state index in [1.165, 1.54) is 5.56 Å². The molecule has 0 aromatic heterocycles. The van der Waals surface area contributed by atoms with Crippen molar-refractivity contribution in [3.63, 3.8) is 0 Å². The van der Waals surface area contributed by atoms with E-state index in [9.17, 15) is 5.11 Å². The molecule has 2 atom stereocenters. The highest BCUT2D eigenvalue weighted by atomic mass is 79.9. The second-order valence-electron chi connectivity index (χ2n) is 7.44. The summed E-state index contributed by atoms with van der Waals surface area (Å²) in [7, 11) is 0. The van der Waals surface area contributed by atoms with Crippen molar-refractivity contribution in [2.45, 2.75) is 32.5 Å². The van der Waals surface area contributed by atoms with Gasteiger partial charge in [-0.25, -0.2) is 0 Å². The first-order valence-corrected chi connectivity index (χ1v) is 10.9. The molecule has 5 heteroatoms. The average Bonchev–Trinajstić information content (AvgIpc) is 2.76. The molecular weight excluding hydrogens is 440 g/mol. The van der Waals surface area contributed by atoms with Crippen LogP contribution in [-0.4, -0.2) is 17.4 Å². The number of aliphatic imine (C=N–C) groups is 1. The van der Waals surface area contributed by atoms with E-state index in [0.717, 1.165) is 32.6 Å². The van der Waals surface area contributed by atoms with Crippen LogP contribution in [-0.2, 0) is 0 Å². The van der Waals surface area contributed by atoms with Gasteiger partial charge in [0.25, 0.3) is 0 Å². The number of nitrogens with one attached hydrogen (secondary N) is 1. The summed E-state index contributed by atoms with van der Waals surface area (Å²) >= 11 is 3.53. The summed E-state index contributed by atoms with van der Waals surface area (Å²) in [4.78, 5) is 5.05. The van der Waals surface area contributed by atoms with E-state index in [4.69, 9.17) is 9.73 Å². The standard InChI is InChI=1S/C25H25BrN2O2/c1-3-30-24-7-5-4-6-19(24)25-27-21(17-10-8-16(2)9-11-17)15-22(28-25)20-14-18(26)12-13-23(20)29/h4-14,22,25,28-29H,3,15H2,1-2H3. The number of nitrogens with zero attached hydrogens (tertiary/aromatic N) is 1. The molecule has 0 saturated heterocycles. The number of hydrogen-bond donors (Lipinski definition) is 2. The maximum Gasteiger partial charge on any atom is 0.129 e. The minimum absolute atomic E-state index is 0.0871. The van der Waals surface area contributed by atoms with Gasteiger partial charge in [-0.3, -0.25) is 10.3 Å². The van der Waals surface area contributed by atoms with E-state index in [1.54, 1.807) is 6.07 Å². The summed E-state index contributed by atoms with van der Waals surface area (Å²) < 4.78 is 6.80. The molecule has 0 bridgehead atoms. The number of phenolic OH excluding ortho intramolecular Hbond substituents is 1. The summed E-state index contributed by atoms with van der Waals surface area (Å²) in [6.45, 7) is 4.65. The number of ether oxygens (including phenoxy) is 1. The number of aromatic hydroxyl groups is 1. The van der Waals surface area contributed by atoms with Gasteiger partial charge in [-0.15, -0.1) is 0 Å². The van der Waals surface area contributed by atoms with Crippen molar-refractivity contribution < 1.29 is 9.84 Å². The highest BCUT2D eigenvalue weighted by Crippen LogP contribution is 2.37. The Morgan fingerprint density at radius 2 is 1.83 bits per heavy atom. The van der Waals surface area contributed by atoms with E-state index in [0.29, 0.717) is 13.0 Å². The van der Waals surface area contributed by atoms with Gasteiger partial charge in [0.1, 0.15) is 17.7 Å². The molecule has 0 amide bonds. The molecule has 0 aliphatic carbocycles. The third-order valence-corrected chi connectivity index (χ3v) is 5.80. The summed E-state index contributed by atoms with van der Waals surface area (Å²) in [5.41, 5.74) is 5.16. The van der Waals surface area contributed by atoms with Gasteiger partial charge < -0.3 is 9.84 Å². The van der Waals surface area contributed by atoms with Gasteiger partial charge in [0.15, 0.2) is 0 Å². The molecule has 3 aromatic rings. The van der Waals surface area contributed by atoms with E-state index >= 15 is 0 Å². The molecule has 1 aliphatic heterocycles. The van der Waals surface area contributed by atoms with Crippen LogP contribution in [0.4, 0.5) is 0 Å². The van der Waals surface area contributed by atoms with Crippen LogP contribution in [0.2, 0.25) is 0 Å². The van der Waals surface area contributed by atoms with E-state index in [-0.39, 0.29) is 18.0 Å². The molecule has 4 nitrogen and oxygen atoms in total. The van der Waals surface area contributed by atoms with E-state index in [1.807, 2.05) is 43.3 Å². The van der Waals surface area contributed by atoms with Gasteiger partial charge in [-0.1, -0.05) is 64.0 Å². The lowest BCUT2D eigenvalue weighted by Gasteiger charge is -2.31. The predicted molar refractivity (Wildman–Crippen MR) is 124 cm³/mol. The highest BCUT2D eigenvalue weighted by Gasteiger charge is 2.29. The van der Waals surface area contributed by atoms with Gasteiger partial charge >= 0.3 is 0 Å². The summed E-state index contributed by atoms with van der Waals surface area (Å²) in [5.74, 6) is 1.10. The lowest BCUT2D eigenvalue weighted by Crippen LogP contribution is -2.33. The monoisotopic (exact) mass is 464 g/mol. The van der Waals surface area contributed by atoms with Gasteiger partial charge in [-0.2, -0.15) is 0 Å². The number of halogens is 1. The number of phenols is 1. The Labute approximate surface area is 185 Å². The fraction of sp³-hybridized carbons (Fsp3) is 0.240. The second-order valence-corrected chi connectivity index (χ2v) is 8.36. The Kier molecular flexibility index (Phi) is 6.21. The van der Waals surface area contributed by atoms with Crippen LogP contribution in [0.5, 0.6) is 11.5 Å². The third-order valence-electron chi connectivity index (χ3n) is 5.30. The van der Waals surface area contributed by atoms with Crippen LogP contribution in [0.1, 0.15) is 47.8 Å². The van der Waals surface area contributed by atoms with Crippen LogP contribution < -0.4 is 10.1 Å². The smallest absolute Gasteiger partial charge is 0.129 e. The Morgan fingerprint density at radius 3 is 2.60 bits per heavy atom. The van der Waals surface area contributed by atoms with Crippen molar-refractivity contribution >= 4 is 21.6 Å². The fourth-order valence-electron chi connectivity index (χ4n) is 3.78. The minimum atomic E-state index is -0.277. The number of hydrogen-bond acceptors (Lipinski definition) is 4. The van der Waals surface area contributed by atoms with E-state index in [2.05, 4.69) is 52.4 Å². The zero-order valence-corrected chi connectivity index (χ0v) is 18.7. The Morgan fingerprint density at radius 1 is 1.07 bits per heavy atom. The fourth-order valence-corrected chi connectivity index (χ4v) is 4.16. The maximum atomic E-state index is 10.6. The number of rotatable bonds is 5.